The van der Waals surface area contributed by atoms with Crippen LogP contribution in [0.2, 0.25) is 0 Å². The van der Waals surface area contributed by atoms with Gasteiger partial charge in [-0.1, -0.05) is 36.4 Å². The number of fused-ring (bicyclic) bond motifs is 1. The van der Waals surface area contributed by atoms with E-state index >= 15 is 0 Å². The van der Waals surface area contributed by atoms with Crippen LogP contribution in [-0.4, -0.2) is 37.8 Å². The number of esters is 1. The average molecular weight is 400 g/mol. The van der Waals surface area contributed by atoms with E-state index < -0.39 is 28.6 Å². The van der Waals surface area contributed by atoms with E-state index in [0.29, 0.717) is 11.3 Å². The molecule has 0 aliphatic rings. The van der Waals surface area contributed by atoms with E-state index in [1.165, 1.54) is 19.1 Å². The van der Waals surface area contributed by atoms with Gasteiger partial charge in [-0.2, -0.15) is 4.72 Å². The molecule has 3 rings (SSSR count). The van der Waals surface area contributed by atoms with Crippen LogP contribution in [0, 0.1) is 6.92 Å². The third-order valence-electron chi connectivity index (χ3n) is 4.28. The lowest BCUT2D eigenvalue weighted by molar-refractivity contribution is -0.144. The number of aryl methyl sites for hydroxylation is 1. The summed E-state index contributed by atoms with van der Waals surface area (Å²) in [5.41, 5.74) is 1.96. The highest BCUT2D eigenvalue weighted by Crippen LogP contribution is 2.23. The van der Waals surface area contributed by atoms with Gasteiger partial charge in [-0.05, 0) is 32.0 Å². The number of ketones is 1. The summed E-state index contributed by atoms with van der Waals surface area (Å²) in [7, 11) is -3.83. The van der Waals surface area contributed by atoms with Gasteiger partial charge in [0, 0.05) is 22.2 Å². The van der Waals surface area contributed by atoms with Crippen molar-refractivity contribution in [2.45, 2.75) is 24.8 Å². The summed E-state index contributed by atoms with van der Waals surface area (Å²) in [6.45, 7) is 2.67. The van der Waals surface area contributed by atoms with Gasteiger partial charge in [-0.3, -0.25) is 9.59 Å². The number of aromatic nitrogens is 1. The number of benzene rings is 2. The maximum atomic E-state index is 12.8. The number of hydrogen-bond acceptors (Lipinski definition) is 5. The van der Waals surface area contributed by atoms with Crippen LogP contribution in [0.3, 0.4) is 0 Å². The van der Waals surface area contributed by atoms with E-state index in [1.54, 1.807) is 25.1 Å². The minimum Gasteiger partial charge on any atom is -0.453 e. The molecule has 146 valence electrons. The lowest BCUT2D eigenvalue weighted by atomic mass is 10.0. The van der Waals surface area contributed by atoms with Crippen molar-refractivity contribution < 1.29 is 22.7 Å². The van der Waals surface area contributed by atoms with Crippen LogP contribution in [0.1, 0.15) is 23.0 Å². The number of ether oxygens (including phenoxy) is 1. The molecule has 8 heteroatoms. The van der Waals surface area contributed by atoms with Gasteiger partial charge in [-0.15, -0.1) is 0 Å². The Bertz CT molecular complexity index is 1120. The molecule has 0 fully saturated rings. The molecule has 0 aliphatic carbocycles. The molecule has 0 saturated carbocycles. The topological polar surface area (TPSA) is 105 Å². The fourth-order valence-electron chi connectivity index (χ4n) is 2.93. The van der Waals surface area contributed by atoms with Gasteiger partial charge in [0.1, 0.15) is 6.54 Å². The maximum Gasteiger partial charge on any atom is 0.321 e. The summed E-state index contributed by atoms with van der Waals surface area (Å²) in [6.07, 6.45) is -1.05. The Balaban J connectivity index is 1.65. The summed E-state index contributed by atoms with van der Waals surface area (Å²) in [6, 6.07) is 15.0. The lowest BCUT2D eigenvalue weighted by Crippen LogP contribution is -2.34. The van der Waals surface area contributed by atoms with E-state index in [0.717, 1.165) is 10.9 Å². The zero-order valence-corrected chi connectivity index (χ0v) is 16.2. The second-order valence-corrected chi connectivity index (χ2v) is 8.07. The minimum atomic E-state index is -3.83. The molecule has 0 unspecified atom stereocenters. The number of sulfonamides is 1. The van der Waals surface area contributed by atoms with Crippen LogP contribution in [0.15, 0.2) is 59.5 Å². The van der Waals surface area contributed by atoms with Crippen molar-refractivity contribution in [1.29, 1.82) is 0 Å². The number of H-pyrrole nitrogens is 1. The monoisotopic (exact) mass is 400 g/mol. The van der Waals surface area contributed by atoms with E-state index in [4.69, 9.17) is 4.74 Å². The normalized spacial score (nSPS) is 12.6. The van der Waals surface area contributed by atoms with Gasteiger partial charge in [0.25, 0.3) is 0 Å². The Morgan fingerprint density at radius 2 is 1.71 bits per heavy atom. The molecular weight excluding hydrogens is 380 g/mol. The van der Waals surface area contributed by atoms with Gasteiger partial charge in [-0.25, -0.2) is 8.42 Å². The quantitative estimate of drug-likeness (QED) is 0.468. The first kappa shape index (κ1) is 19.8. The molecule has 28 heavy (non-hydrogen) atoms. The van der Waals surface area contributed by atoms with Crippen LogP contribution in [0.5, 0.6) is 0 Å². The third kappa shape index (κ3) is 4.13. The van der Waals surface area contributed by atoms with Crippen molar-refractivity contribution in [3.63, 3.8) is 0 Å². The van der Waals surface area contributed by atoms with E-state index in [-0.39, 0.29) is 10.7 Å². The first-order valence-corrected chi connectivity index (χ1v) is 10.1. The molecule has 0 aliphatic heterocycles. The van der Waals surface area contributed by atoms with Crippen molar-refractivity contribution in [1.82, 2.24) is 9.71 Å². The Kier molecular flexibility index (Phi) is 5.62. The van der Waals surface area contributed by atoms with Gasteiger partial charge < -0.3 is 9.72 Å². The van der Waals surface area contributed by atoms with Crippen molar-refractivity contribution >= 4 is 32.7 Å². The number of nitrogens with one attached hydrogen (secondary N) is 2. The lowest BCUT2D eigenvalue weighted by Gasteiger charge is -2.13. The summed E-state index contributed by atoms with van der Waals surface area (Å²) in [4.78, 5) is 28.0. The molecule has 1 aromatic heterocycles. The van der Waals surface area contributed by atoms with Gasteiger partial charge >= 0.3 is 5.97 Å². The second kappa shape index (κ2) is 7.95. The van der Waals surface area contributed by atoms with Gasteiger partial charge in [0.05, 0.1) is 4.90 Å². The fourth-order valence-corrected chi connectivity index (χ4v) is 3.92. The number of hydrogen-bond donors (Lipinski definition) is 2. The average Bonchev–Trinajstić information content (AvgIpc) is 3.02. The molecule has 7 nitrogen and oxygen atoms in total. The first-order valence-electron chi connectivity index (χ1n) is 8.65. The predicted octanol–water partition coefficient (Wildman–Crippen LogP) is 2.57. The molecule has 0 saturated heterocycles. The maximum absolute atomic E-state index is 12.8. The molecule has 0 spiro atoms. The second-order valence-electron chi connectivity index (χ2n) is 6.30. The molecule has 2 aromatic carbocycles. The third-order valence-corrected chi connectivity index (χ3v) is 5.69. The molecule has 2 N–H and O–H groups in total. The molecule has 3 aromatic rings. The molecule has 1 atom stereocenters. The number of aromatic amines is 1. The fraction of sp³-hybridized carbons (Fsp3) is 0.200. The Morgan fingerprint density at radius 3 is 2.43 bits per heavy atom. The van der Waals surface area contributed by atoms with Crippen LogP contribution in [0.25, 0.3) is 10.9 Å². The van der Waals surface area contributed by atoms with E-state index in [1.807, 2.05) is 24.3 Å². The molecule has 0 radical (unpaired) electrons. The SMILES string of the molecule is Cc1[nH]c2ccccc2c1C(=O)[C@H](C)OC(=O)CNS(=O)(=O)c1ccccc1. The number of Topliss-reactive ketones (excluding diaryl/α,β-unsaturated/α-hetero) is 1. The van der Waals surface area contributed by atoms with E-state index in [2.05, 4.69) is 9.71 Å². The van der Waals surface area contributed by atoms with Crippen LogP contribution in [0.4, 0.5) is 0 Å². The molecule has 1 heterocycles. The van der Waals surface area contributed by atoms with Crippen LogP contribution < -0.4 is 4.72 Å². The number of para-hydroxylation sites is 1. The minimum absolute atomic E-state index is 0.0429. The highest BCUT2D eigenvalue weighted by Gasteiger charge is 2.25. The summed E-state index contributed by atoms with van der Waals surface area (Å²) >= 11 is 0. The zero-order valence-electron chi connectivity index (χ0n) is 15.4. The standard InChI is InChI=1S/C20H20N2O5S/c1-13-19(16-10-6-7-11-17(16)22-13)20(24)14(2)27-18(23)12-21-28(25,26)15-8-4-3-5-9-15/h3-11,14,21-22H,12H2,1-2H3/t14-/m0/s1. The number of carbonyl (C=O) groups is 2. The molecular formula is C20H20N2O5S. The first-order chi connectivity index (χ1) is 13.3. The largest absolute Gasteiger partial charge is 0.453 e. The summed E-state index contributed by atoms with van der Waals surface area (Å²) < 4.78 is 31.6. The van der Waals surface area contributed by atoms with E-state index in [9.17, 15) is 18.0 Å². The number of rotatable bonds is 7. The van der Waals surface area contributed by atoms with Crippen molar-refractivity contribution in [3.05, 3.63) is 65.9 Å². The van der Waals surface area contributed by atoms with Crippen LogP contribution >= 0.6 is 0 Å². The Morgan fingerprint density at radius 1 is 1.07 bits per heavy atom. The van der Waals surface area contributed by atoms with Gasteiger partial charge in [0.15, 0.2) is 6.10 Å². The zero-order chi connectivity index (χ0) is 20.3. The highest BCUT2D eigenvalue weighted by atomic mass is 32.2. The van der Waals surface area contributed by atoms with Crippen molar-refractivity contribution in [2.75, 3.05) is 6.54 Å². The van der Waals surface area contributed by atoms with Crippen molar-refractivity contribution in [3.8, 4) is 0 Å². The summed E-state index contributed by atoms with van der Waals surface area (Å²) in [5.74, 6) is -1.19. The number of carbonyl (C=O) groups excluding carboxylic acids is 2. The Hall–Kier alpha value is -2.97. The molecule has 0 amide bonds. The predicted molar refractivity (Wildman–Crippen MR) is 105 cm³/mol. The molecule has 0 bridgehead atoms. The highest BCUT2D eigenvalue weighted by molar-refractivity contribution is 7.89. The van der Waals surface area contributed by atoms with Crippen LogP contribution in [-0.2, 0) is 19.6 Å². The van der Waals surface area contributed by atoms with Gasteiger partial charge in [0.2, 0.25) is 15.8 Å². The smallest absolute Gasteiger partial charge is 0.321 e. The Labute approximate surface area is 162 Å². The van der Waals surface area contributed by atoms with Crippen molar-refractivity contribution in [2.24, 2.45) is 0 Å². The summed E-state index contributed by atoms with van der Waals surface area (Å²) in [5, 5.41) is 0.748.